The molecule has 210 valence electrons. The first-order chi connectivity index (χ1) is 19.9. The van der Waals surface area contributed by atoms with E-state index in [-0.39, 0.29) is 11.5 Å². The van der Waals surface area contributed by atoms with Crippen molar-refractivity contribution in [3.05, 3.63) is 112 Å². The summed E-state index contributed by atoms with van der Waals surface area (Å²) in [6.07, 6.45) is 4.81. The number of methoxy groups -OCH3 is 1. The highest BCUT2D eigenvalue weighted by molar-refractivity contribution is 8.00. The molecule has 0 fully saturated rings. The Kier molecular flexibility index (Phi) is 9.16. The van der Waals surface area contributed by atoms with Gasteiger partial charge >= 0.3 is 5.97 Å². The molecule has 0 spiro atoms. The zero-order chi connectivity index (χ0) is 28.8. The molecule has 0 saturated carbocycles. The molecule has 1 heterocycles. The van der Waals surface area contributed by atoms with Gasteiger partial charge in [-0.15, -0.1) is 23.1 Å². The number of ether oxygens (including phenoxy) is 1. The molecule has 5 rings (SSSR count). The van der Waals surface area contributed by atoms with Crippen molar-refractivity contribution in [1.29, 1.82) is 0 Å². The maximum atomic E-state index is 14.1. The van der Waals surface area contributed by atoms with E-state index in [1.807, 2.05) is 36.4 Å². The number of carbonyl (C=O) groups excluding carboxylic acids is 3. The third kappa shape index (κ3) is 6.69. The number of hydrogen-bond donors (Lipinski definition) is 2. The second-order valence-electron chi connectivity index (χ2n) is 9.62. The molecule has 0 aliphatic heterocycles. The zero-order valence-corrected chi connectivity index (χ0v) is 24.1. The van der Waals surface area contributed by atoms with Crippen molar-refractivity contribution >= 4 is 51.6 Å². The van der Waals surface area contributed by atoms with E-state index in [4.69, 9.17) is 4.74 Å². The maximum absolute atomic E-state index is 14.1. The van der Waals surface area contributed by atoms with Crippen LogP contribution in [0.2, 0.25) is 0 Å². The van der Waals surface area contributed by atoms with Gasteiger partial charge in [0.2, 0.25) is 5.91 Å². The molecule has 0 radical (unpaired) electrons. The highest BCUT2D eigenvalue weighted by Gasteiger charge is 2.29. The Morgan fingerprint density at radius 2 is 1.66 bits per heavy atom. The van der Waals surface area contributed by atoms with Gasteiger partial charge in [-0.1, -0.05) is 55.0 Å². The molecule has 2 amide bonds. The third-order valence-electron chi connectivity index (χ3n) is 6.85. The predicted octanol–water partition coefficient (Wildman–Crippen LogP) is 7.67. The average molecular weight is 589 g/mol. The molecule has 1 aliphatic carbocycles. The molecule has 1 atom stereocenters. The van der Waals surface area contributed by atoms with E-state index in [0.29, 0.717) is 16.3 Å². The number of rotatable bonds is 8. The number of nitrogens with one attached hydrogen (secondary N) is 2. The highest BCUT2D eigenvalue weighted by atomic mass is 32.2. The molecule has 41 heavy (non-hydrogen) atoms. The summed E-state index contributed by atoms with van der Waals surface area (Å²) in [4.78, 5) is 41.2. The molecule has 0 bridgehead atoms. The topological polar surface area (TPSA) is 84.5 Å². The Hall–Kier alpha value is -3.95. The van der Waals surface area contributed by atoms with Gasteiger partial charge in [-0.3, -0.25) is 9.59 Å². The van der Waals surface area contributed by atoms with Gasteiger partial charge in [0.1, 0.15) is 16.1 Å². The number of thioether (sulfide) groups is 1. The summed E-state index contributed by atoms with van der Waals surface area (Å²) < 4.78 is 19.2. The molecule has 3 aromatic carbocycles. The lowest BCUT2D eigenvalue weighted by Crippen LogP contribution is -2.20. The van der Waals surface area contributed by atoms with E-state index >= 15 is 0 Å². The second-order valence-corrected chi connectivity index (χ2v) is 11.9. The van der Waals surface area contributed by atoms with Gasteiger partial charge in [-0.2, -0.15) is 0 Å². The second kappa shape index (κ2) is 13.1. The van der Waals surface area contributed by atoms with Crippen LogP contribution in [-0.4, -0.2) is 24.9 Å². The molecule has 0 saturated heterocycles. The van der Waals surface area contributed by atoms with E-state index < -0.39 is 22.9 Å². The third-order valence-corrected chi connectivity index (χ3v) is 9.31. The van der Waals surface area contributed by atoms with E-state index in [1.54, 1.807) is 24.3 Å². The summed E-state index contributed by atoms with van der Waals surface area (Å²) in [6, 6.07) is 22.2. The Morgan fingerprint density at radius 1 is 0.902 bits per heavy atom. The number of fused-ring (bicyclic) bond motifs is 1. The lowest BCUT2D eigenvalue weighted by Gasteiger charge is -2.18. The normalized spacial score (nSPS) is 13.4. The Balaban J connectivity index is 1.41. The van der Waals surface area contributed by atoms with E-state index in [2.05, 4.69) is 10.6 Å². The molecule has 2 N–H and O–H groups in total. The fourth-order valence-corrected chi connectivity index (χ4v) is 7.22. The smallest absolute Gasteiger partial charge is 0.341 e. The van der Waals surface area contributed by atoms with Crippen LogP contribution >= 0.6 is 23.1 Å². The van der Waals surface area contributed by atoms with Gasteiger partial charge in [-0.25, -0.2) is 9.18 Å². The summed E-state index contributed by atoms with van der Waals surface area (Å²) in [5.74, 6) is -1.88. The first kappa shape index (κ1) is 28.6. The number of hydrogen-bond acceptors (Lipinski definition) is 6. The van der Waals surface area contributed by atoms with Crippen molar-refractivity contribution in [2.24, 2.45) is 0 Å². The van der Waals surface area contributed by atoms with Gasteiger partial charge in [0.25, 0.3) is 5.91 Å². The van der Waals surface area contributed by atoms with Crippen molar-refractivity contribution < 1.29 is 23.5 Å². The molecular weight excluding hydrogens is 559 g/mol. The van der Waals surface area contributed by atoms with Crippen LogP contribution in [0.5, 0.6) is 0 Å². The number of amides is 2. The lowest BCUT2D eigenvalue weighted by molar-refractivity contribution is -0.115. The monoisotopic (exact) mass is 588 g/mol. The van der Waals surface area contributed by atoms with Crippen molar-refractivity contribution in [3.8, 4) is 0 Å². The molecule has 1 unspecified atom stereocenters. The van der Waals surface area contributed by atoms with Crippen LogP contribution in [-0.2, 0) is 22.4 Å². The van der Waals surface area contributed by atoms with E-state index in [1.165, 1.54) is 48.4 Å². The van der Waals surface area contributed by atoms with Gasteiger partial charge in [0, 0.05) is 15.5 Å². The van der Waals surface area contributed by atoms with Crippen LogP contribution in [0.4, 0.5) is 15.1 Å². The van der Waals surface area contributed by atoms with Gasteiger partial charge in [-0.05, 0) is 67.1 Å². The highest BCUT2D eigenvalue weighted by Crippen LogP contribution is 2.41. The van der Waals surface area contributed by atoms with Crippen LogP contribution in [0.1, 0.15) is 61.2 Å². The van der Waals surface area contributed by atoms with Crippen LogP contribution in [0, 0.1) is 5.82 Å². The first-order valence-corrected chi connectivity index (χ1v) is 15.1. The lowest BCUT2D eigenvalue weighted by atomic mass is 10.1. The molecule has 1 aromatic heterocycles. The summed E-state index contributed by atoms with van der Waals surface area (Å²) in [6.45, 7) is 0. The Labute approximate surface area is 246 Å². The number of esters is 1. The molecule has 6 nitrogen and oxygen atoms in total. The maximum Gasteiger partial charge on any atom is 0.341 e. The minimum Gasteiger partial charge on any atom is -0.465 e. The minimum atomic E-state index is -0.652. The van der Waals surface area contributed by atoms with Crippen molar-refractivity contribution in [2.45, 2.75) is 42.2 Å². The number of thiophene rings is 1. The van der Waals surface area contributed by atoms with Gasteiger partial charge in [0.15, 0.2) is 0 Å². The standard InChI is InChI=1S/C32H29FN2O4S2/c1-39-32(38)27-24-16-6-3-7-18-26(24)41-31(27)35-30(37)28(20-11-4-2-5-12-20)40-22-14-10-13-21(19-22)34-29(36)23-15-8-9-17-25(23)33/h2,4-5,8-15,17,19,28H,3,6-7,16,18H2,1H3,(H,34,36)(H,35,37). The summed E-state index contributed by atoms with van der Waals surface area (Å²) in [7, 11) is 1.36. The predicted molar refractivity (Wildman–Crippen MR) is 161 cm³/mol. The van der Waals surface area contributed by atoms with Crippen molar-refractivity contribution in [3.63, 3.8) is 0 Å². The molecule has 4 aromatic rings. The van der Waals surface area contributed by atoms with Crippen LogP contribution in [0.3, 0.4) is 0 Å². The van der Waals surface area contributed by atoms with Gasteiger partial charge in [0.05, 0.1) is 18.2 Å². The number of halogens is 1. The molecule has 1 aliphatic rings. The fourth-order valence-electron chi connectivity index (χ4n) is 4.85. The average Bonchev–Trinajstić information content (AvgIpc) is 3.15. The number of anilines is 2. The van der Waals surface area contributed by atoms with Crippen LogP contribution < -0.4 is 10.6 Å². The number of carbonyl (C=O) groups is 3. The number of aryl methyl sites for hydroxylation is 1. The SMILES string of the molecule is COC(=O)c1c(NC(=O)C(Sc2cccc(NC(=O)c3ccccc3F)c2)c2ccccc2)sc2c1CCCCC2. The molecule has 9 heteroatoms. The van der Waals surface area contributed by atoms with Crippen molar-refractivity contribution in [1.82, 2.24) is 0 Å². The summed E-state index contributed by atoms with van der Waals surface area (Å²) in [5, 5.41) is 5.64. The minimum absolute atomic E-state index is 0.0529. The Morgan fingerprint density at radius 3 is 2.44 bits per heavy atom. The van der Waals surface area contributed by atoms with Crippen LogP contribution in [0.25, 0.3) is 0 Å². The largest absolute Gasteiger partial charge is 0.465 e. The van der Waals surface area contributed by atoms with E-state index in [9.17, 15) is 18.8 Å². The summed E-state index contributed by atoms with van der Waals surface area (Å²) >= 11 is 2.77. The number of benzene rings is 3. The first-order valence-electron chi connectivity index (χ1n) is 13.4. The molecular formula is C32H29FN2O4S2. The van der Waals surface area contributed by atoms with Gasteiger partial charge < -0.3 is 15.4 Å². The Bertz CT molecular complexity index is 1570. The van der Waals surface area contributed by atoms with E-state index in [0.717, 1.165) is 53.0 Å². The zero-order valence-electron chi connectivity index (χ0n) is 22.4. The fraction of sp³-hybridized carbons (Fsp3) is 0.219. The van der Waals surface area contributed by atoms with Crippen LogP contribution in [0.15, 0.2) is 83.8 Å². The van der Waals surface area contributed by atoms with Crippen molar-refractivity contribution in [2.75, 3.05) is 17.7 Å². The quantitative estimate of drug-likeness (QED) is 0.125. The summed E-state index contributed by atoms with van der Waals surface area (Å²) in [5.41, 5.74) is 2.65.